The number of fused-ring (bicyclic) bond motifs is 3. The lowest BCUT2D eigenvalue weighted by Gasteiger charge is -2.35. The smallest absolute Gasteiger partial charge is 0.255 e. The summed E-state index contributed by atoms with van der Waals surface area (Å²) in [7, 11) is 0. The minimum absolute atomic E-state index is 0.0160. The Labute approximate surface area is 161 Å². The summed E-state index contributed by atoms with van der Waals surface area (Å²) in [5.41, 5.74) is 3.48. The van der Waals surface area contributed by atoms with Crippen LogP contribution in [0.15, 0.2) is 18.3 Å². The van der Waals surface area contributed by atoms with E-state index in [-0.39, 0.29) is 11.9 Å². The molecule has 0 radical (unpaired) electrons. The molecule has 4 rings (SSSR count). The maximum atomic E-state index is 13.0. The first-order chi connectivity index (χ1) is 13.1. The van der Waals surface area contributed by atoms with Crippen LogP contribution in [-0.4, -0.2) is 34.0 Å². The van der Waals surface area contributed by atoms with Crippen LogP contribution in [-0.2, 0) is 4.74 Å². The van der Waals surface area contributed by atoms with Gasteiger partial charge in [-0.05, 0) is 69.9 Å². The summed E-state index contributed by atoms with van der Waals surface area (Å²) in [6.07, 6.45) is 9.21. The number of nitrogens with one attached hydrogen (secondary N) is 1. The summed E-state index contributed by atoms with van der Waals surface area (Å²) in [6.45, 7) is 7.09. The maximum absolute atomic E-state index is 13.0. The van der Waals surface area contributed by atoms with Crippen molar-refractivity contribution in [3.63, 3.8) is 0 Å². The second kappa shape index (κ2) is 7.63. The van der Waals surface area contributed by atoms with Gasteiger partial charge in [-0.1, -0.05) is 13.3 Å². The van der Waals surface area contributed by atoms with E-state index < -0.39 is 0 Å². The monoisotopic (exact) mass is 369 g/mol. The Morgan fingerprint density at radius 3 is 2.74 bits per heavy atom. The molecule has 0 unspecified atom stereocenters. The molecule has 5 heteroatoms. The average molecular weight is 370 g/mol. The van der Waals surface area contributed by atoms with Crippen LogP contribution in [0.1, 0.15) is 67.2 Å². The molecule has 2 fully saturated rings. The highest BCUT2D eigenvalue weighted by Crippen LogP contribution is 2.43. The van der Waals surface area contributed by atoms with E-state index in [0.717, 1.165) is 42.9 Å². The molecule has 1 amide bonds. The van der Waals surface area contributed by atoms with Gasteiger partial charge in [0.1, 0.15) is 5.65 Å². The molecular formula is C22H31N3O2. The van der Waals surface area contributed by atoms with E-state index in [1.54, 1.807) is 0 Å². The third kappa shape index (κ3) is 3.62. The molecule has 0 aliphatic heterocycles. The molecule has 146 valence electrons. The van der Waals surface area contributed by atoms with Crippen LogP contribution < -0.4 is 5.32 Å². The van der Waals surface area contributed by atoms with Crippen LogP contribution in [0.25, 0.3) is 5.65 Å². The van der Waals surface area contributed by atoms with Gasteiger partial charge in [-0.3, -0.25) is 4.79 Å². The minimum atomic E-state index is 0.0160. The van der Waals surface area contributed by atoms with Gasteiger partial charge in [-0.2, -0.15) is 0 Å². The fraction of sp³-hybridized carbons (Fsp3) is 0.636. The Morgan fingerprint density at radius 1 is 1.30 bits per heavy atom. The summed E-state index contributed by atoms with van der Waals surface area (Å²) in [5, 5.41) is 3.35. The molecule has 2 saturated carbocycles. The molecule has 2 aliphatic carbocycles. The molecule has 2 aromatic rings. The normalized spacial score (nSPS) is 27.2. The zero-order chi connectivity index (χ0) is 19.0. The van der Waals surface area contributed by atoms with Crippen LogP contribution in [0.2, 0.25) is 0 Å². The number of ether oxygens (including phenoxy) is 1. The van der Waals surface area contributed by atoms with Crippen LogP contribution >= 0.6 is 0 Å². The highest BCUT2D eigenvalue weighted by molar-refractivity contribution is 6.00. The van der Waals surface area contributed by atoms with E-state index >= 15 is 0 Å². The van der Waals surface area contributed by atoms with Gasteiger partial charge in [0, 0.05) is 30.2 Å². The summed E-state index contributed by atoms with van der Waals surface area (Å²) in [4.78, 5) is 17.6. The number of carbonyl (C=O) groups is 1. The number of hydrogen-bond acceptors (Lipinski definition) is 3. The van der Waals surface area contributed by atoms with E-state index in [1.807, 2.05) is 36.6 Å². The molecule has 0 saturated heterocycles. The molecular weight excluding hydrogens is 338 g/mol. The molecule has 27 heavy (non-hydrogen) atoms. The number of nitrogens with zero attached hydrogens (tertiary/aromatic N) is 2. The average Bonchev–Trinajstić information content (AvgIpc) is 3.14. The van der Waals surface area contributed by atoms with Crippen LogP contribution in [0.3, 0.4) is 0 Å². The molecule has 2 aliphatic rings. The van der Waals surface area contributed by atoms with Gasteiger partial charge in [0.25, 0.3) is 5.91 Å². The van der Waals surface area contributed by atoms with Crippen molar-refractivity contribution >= 4 is 11.6 Å². The molecule has 5 nitrogen and oxygen atoms in total. The second-order valence-electron chi connectivity index (χ2n) is 8.38. The van der Waals surface area contributed by atoms with Gasteiger partial charge in [0.2, 0.25) is 0 Å². The van der Waals surface area contributed by atoms with Gasteiger partial charge in [-0.15, -0.1) is 0 Å². The van der Waals surface area contributed by atoms with Gasteiger partial charge in [0.05, 0.1) is 11.7 Å². The number of aromatic nitrogens is 2. The minimum Gasteiger partial charge on any atom is -0.378 e. The van der Waals surface area contributed by atoms with E-state index in [9.17, 15) is 4.79 Å². The van der Waals surface area contributed by atoms with Crippen molar-refractivity contribution in [3.8, 4) is 0 Å². The fourth-order valence-corrected chi connectivity index (χ4v) is 5.04. The molecule has 2 bridgehead atoms. The number of rotatable bonds is 6. The van der Waals surface area contributed by atoms with Crippen molar-refractivity contribution in [1.82, 2.24) is 14.7 Å². The Kier molecular flexibility index (Phi) is 5.22. The van der Waals surface area contributed by atoms with Crippen molar-refractivity contribution in [3.05, 3.63) is 35.3 Å². The Balaban J connectivity index is 1.45. The number of unbranched alkanes of at least 4 members (excludes halogenated alkanes) is 1. The summed E-state index contributed by atoms with van der Waals surface area (Å²) in [5.74, 6) is 1.11. The lowest BCUT2D eigenvalue weighted by Crippen LogP contribution is -2.46. The lowest BCUT2D eigenvalue weighted by molar-refractivity contribution is -0.00119. The SMILES string of the molecule is CCCCO[C@@H]1C[C@H]2CC[C@@H](C1)[C@@H]2NC(=O)c1ccn2c(C)cc(C)nc12. The van der Waals surface area contributed by atoms with Crippen LogP contribution in [0, 0.1) is 25.7 Å². The lowest BCUT2D eigenvalue weighted by atomic mass is 9.82. The first kappa shape index (κ1) is 18.5. The van der Waals surface area contributed by atoms with E-state index in [1.165, 1.54) is 19.3 Å². The van der Waals surface area contributed by atoms with Gasteiger partial charge in [-0.25, -0.2) is 4.98 Å². The largest absolute Gasteiger partial charge is 0.378 e. The molecule has 1 N–H and O–H groups in total. The molecule has 0 spiro atoms. The van der Waals surface area contributed by atoms with Gasteiger partial charge < -0.3 is 14.5 Å². The third-order valence-electron chi connectivity index (χ3n) is 6.39. The number of aryl methyl sites for hydroxylation is 2. The summed E-state index contributed by atoms with van der Waals surface area (Å²) >= 11 is 0. The molecule has 2 heterocycles. The predicted octanol–water partition coefficient (Wildman–Crippen LogP) is 4.05. The second-order valence-corrected chi connectivity index (χ2v) is 8.38. The number of carbonyl (C=O) groups excluding carboxylic acids is 1. The molecule has 2 aromatic heterocycles. The van der Waals surface area contributed by atoms with E-state index in [4.69, 9.17) is 4.74 Å². The standard InChI is InChI=1S/C22H31N3O2/c1-4-5-10-27-18-12-16-6-7-17(13-18)20(16)24-22(26)19-8-9-25-15(3)11-14(2)23-21(19)25/h8-9,11,16-18,20H,4-7,10,12-13H2,1-3H3,(H,24,26)/t16-,17+,18-,20-. The quantitative estimate of drug-likeness (QED) is 0.782. The highest BCUT2D eigenvalue weighted by atomic mass is 16.5. The van der Waals surface area contributed by atoms with Crippen LogP contribution in [0.4, 0.5) is 0 Å². The van der Waals surface area contributed by atoms with Crippen molar-refractivity contribution in [1.29, 1.82) is 0 Å². The van der Waals surface area contributed by atoms with Crippen molar-refractivity contribution in [2.75, 3.05) is 6.61 Å². The Hall–Kier alpha value is -1.88. The highest BCUT2D eigenvalue weighted by Gasteiger charge is 2.43. The van der Waals surface area contributed by atoms with Crippen molar-refractivity contribution in [2.24, 2.45) is 11.8 Å². The van der Waals surface area contributed by atoms with Gasteiger partial charge in [0.15, 0.2) is 0 Å². The van der Waals surface area contributed by atoms with E-state index in [2.05, 4.69) is 17.2 Å². The first-order valence-corrected chi connectivity index (χ1v) is 10.4. The van der Waals surface area contributed by atoms with E-state index in [0.29, 0.717) is 23.5 Å². The third-order valence-corrected chi connectivity index (χ3v) is 6.39. The van der Waals surface area contributed by atoms with Gasteiger partial charge >= 0.3 is 0 Å². The fourth-order valence-electron chi connectivity index (χ4n) is 5.04. The van der Waals surface area contributed by atoms with Crippen LogP contribution in [0.5, 0.6) is 0 Å². The molecule has 4 atom stereocenters. The maximum Gasteiger partial charge on any atom is 0.255 e. The summed E-state index contributed by atoms with van der Waals surface area (Å²) in [6, 6.07) is 4.21. The zero-order valence-electron chi connectivity index (χ0n) is 16.7. The van der Waals surface area contributed by atoms with Crippen molar-refractivity contribution < 1.29 is 9.53 Å². The Morgan fingerprint density at radius 2 is 2.04 bits per heavy atom. The van der Waals surface area contributed by atoms with Crippen molar-refractivity contribution in [2.45, 2.75) is 71.4 Å². The zero-order valence-corrected chi connectivity index (χ0v) is 16.7. The number of hydrogen-bond donors (Lipinski definition) is 1. The summed E-state index contributed by atoms with van der Waals surface area (Å²) < 4.78 is 8.08. The molecule has 0 aromatic carbocycles. The number of amides is 1. The predicted molar refractivity (Wildman–Crippen MR) is 106 cm³/mol. The topological polar surface area (TPSA) is 55.6 Å². The first-order valence-electron chi connectivity index (χ1n) is 10.4. The Bertz CT molecular complexity index is 814.